The number of rotatable bonds is 7. The third kappa shape index (κ3) is 4.69. The quantitative estimate of drug-likeness (QED) is 0.664. The molecule has 0 aliphatic heterocycles. The van der Waals surface area contributed by atoms with Crippen LogP contribution in [0.25, 0.3) is 0 Å². The minimum Gasteiger partial charge on any atom is -0.497 e. The van der Waals surface area contributed by atoms with Crippen LogP contribution in [0.4, 0.5) is 11.6 Å². The molecule has 1 amide bonds. The largest absolute Gasteiger partial charge is 0.497 e. The van der Waals surface area contributed by atoms with Crippen LogP contribution in [0, 0.1) is 0 Å². The molecule has 2 aromatic heterocycles. The number of amides is 1. The average molecular weight is 365 g/mol. The summed E-state index contributed by atoms with van der Waals surface area (Å²) in [6.07, 6.45) is 6.40. The zero-order valence-corrected chi connectivity index (χ0v) is 15.0. The van der Waals surface area contributed by atoms with Gasteiger partial charge >= 0.3 is 0 Å². The van der Waals surface area contributed by atoms with Gasteiger partial charge in [0, 0.05) is 37.4 Å². The molecule has 0 saturated heterocycles. The molecule has 138 valence electrons. The monoisotopic (exact) mass is 365 g/mol. The van der Waals surface area contributed by atoms with E-state index in [1.165, 1.54) is 19.5 Å². The molecule has 1 aromatic carbocycles. The fourth-order valence-electron chi connectivity index (χ4n) is 2.32. The van der Waals surface area contributed by atoms with E-state index in [9.17, 15) is 4.79 Å². The Morgan fingerprint density at radius 3 is 2.56 bits per heavy atom. The molecule has 0 spiro atoms. The summed E-state index contributed by atoms with van der Waals surface area (Å²) in [6, 6.07) is 8.95. The van der Waals surface area contributed by atoms with E-state index >= 15 is 0 Å². The van der Waals surface area contributed by atoms with E-state index in [0.29, 0.717) is 35.2 Å². The molecule has 8 heteroatoms. The van der Waals surface area contributed by atoms with Crippen LogP contribution in [-0.2, 0) is 6.54 Å². The van der Waals surface area contributed by atoms with E-state index in [1.807, 2.05) is 12.1 Å². The van der Waals surface area contributed by atoms with Crippen LogP contribution in [0.3, 0.4) is 0 Å². The third-order valence-corrected chi connectivity index (χ3v) is 3.74. The fourth-order valence-corrected chi connectivity index (χ4v) is 2.32. The first-order valence-corrected chi connectivity index (χ1v) is 8.18. The predicted molar refractivity (Wildman–Crippen MR) is 101 cm³/mol. The molecule has 0 unspecified atom stereocenters. The van der Waals surface area contributed by atoms with Crippen molar-refractivity contribution in [3.63, 3.8) is 0 Å². The van der Waals surface area contributed by atoms with E-state index in [4.69, 9.17) is 9.47 Å². The van der Waals surface area contributed by atoms with Crippen molar-refractivity contribution in [2.75, 3.05) is 24.9 Å². The van der Waals surface area contributed by atoms with Gasteiger partial charge < -0.3 is 20.1 Å². The summed E-state index contributed by atoms with van der Waals surface area (Å²) in [5.41, 5.74) is 1.87. The highest BCUT2D eigenvalue weighted by atomic mass is 16.5. The number of hydrogen-bond donors (Lipinski definition) is 2. The van der Waals surface area contributed by atoms with Gasteiger partial charge in [-0.05, 0) is 23.8 Å². The van der Waals surface area contributed by atoms with Crippen molar-refractivity contribution in [2.24, 2.45) is 0 Å². The summed E-state index contributed by atoms with van der Waals surface area (Å²) in [4.78, 5) is 24.8. The molecule has 27 heavy (non-hydrogen) atoms. The molecule has 0 fully saturated rings. The lowest BCUT2D eigenvalue weighted by Crippen LogP contribution is -2.14. The SMILES string of the molecule is COc1ccc(NC(=O)c2cnc(NCc3cccnc3)nc2)c(OC)c1. The summed E-state index contributed by atoms with van der Waals surface area (Å²) >= 11 is 0. The molecule has 0 saturated carbocycles. The summed E-state index contributed by atoms with van der Waals surface area (Å²) in [7, 11) is 3.09. The number of nitrogens with zero attached hydrogens (tertiary/aromatic N) is 3. The Hall–Kier alpha value is -3.68. The molecule has 3 aromatic rings. The van der Waals surface area contributed by atoms with Gasteiger partial charge in [0.15, 0.2) is 0 Å². The van der Waals surface area contributed by atoms with Crippen LogP contribution in [0.15, 0.2) is 55.1 Å². The minimum absolute atomic E-state index is 0.333. The maximum Gasteiger partial charge on any atom is 0.258 e. The number of ether oxygens (including phenoxy) is 2. The van der Waals surface area contributed by atoms with Crippen molar-refractivity contribution in [1.82, 2.24) is 15.0 Å². The zero-order chi connectivity index (χ0) is 19.1. The van der Waals surface area contributed by atoms with E-state index in [2.05, 4.69) is 25.6 Å². The maximum absolute atomic E-state index is 12.4. The van der Waals surface area contributed by atoms with E-state index in [-0.39, 0.29) is 5.91 Å². The molecule has 0 radical (unpaired) electrons. The van der Waals surface area contributed by atoms with Gasteiger partial charge in [-0.1, -0.05) is 6.07 Å². The second kappa shape index (κ2) is 8.61. The molecule has 8 nitrogen and oxygen atoms in total. The number of anilines is 2. The van der Waals surface area contributed by atoms with Crippen LogP contribution < -0.4 is 20.1 Å². The van der Waals surface area contributed by atoms with E-state index in [1.54, 1.807) is 37.7 Å². The van der Waals surface area contributed by atoms with Gasteiger partial charge in [-0.2, -0.15) is 0 Å². The Bertz CT molecular complexity index is 901. The van der Waals surface area contributed by atoms with Crippen LogP contribution >= 0.6 is 0 Å². The number of benzene rings is 1. The number of methoxy groups -OCH3 is 2. The number of carbonyl (C=O) groups excluding carboxylic acids is 1. The van der Waals surface area contributed by atoms with Crippen molar-refractivity contribution in [2.45, 2.75) is 6.54 Å². The molecule has 2 heterocycles. The van der Waals surface area contributed by atoms with Crippen molar-refractivity contribution < 1.29 is 14.3 Å². The number of nitrogens with one attached hydrogen (secondary N) is 2. The van der Waals surface area contributed by atoms with Crippen LogP contribution in [0.2, 0.25) is 0 Å². The summed E-state index contributed by atoms with van der Waals surface area (Å²) in [6.45, 7) is 0.544. The van der Waals surface area contributed by atoms with Crippen molar-refractivity contribution in [1.29, 1.82) is 0 Å². The van der Waals surface area contributed by atoms with Crippen molar-refractivity contribution in [3.05, 3.63) is 66.2 Å². The molecular formula is C19H19N5O3. The lowest BCUT2D eigenvalue weighted by molar-refractivity contribution is 0.102. The zero-order valence-electron chi connectivity index (χ0n) is 15.0. The number of aromatic nitrogens is 3. The second-order valence-corrected chi connectivity index (χ2v) is 5.53. The Balaban J connectivity index is 1.64. The fraction of sp³-hybridized carbons (Fsp3) is 0.158. The Kier molecular flexibility index (Phi) is 5.78. The minimum atomic E-state index is -0.336. The van der Waals surface area contributed by atoms with Gasteiger partial charge in [0.1, 0.15) is 11.5 Å². The molecular weight excluding hydrogens is 346 g/mol. The average Bonchev–Trinajstić information content (AvgIpc) is 2.73. The van der Waals surface area contributed by atoms with Gasteiger partial charge in [0.2, 0.25) is 5.95 Å². The third-order valence-electron chi connectivity index (χ3n) is 3.74. The molecule has 0 aliphatic carbocycles. The van der Waals surface area contributed by atoms with E-state index < -0.39 is 0 Å². The Morgan fingerprint density at radius 1 is 1.07 bits per heavy atom. The molecule has 2 N–H and O–H groups in total. The first-order chi connectivity index (χ1) is 13.2. The predicted octanol–water partition coefficient (Wildman–Crippen LogP) is 2.75. The molecule has 3 rings (SSSR count). The molecule has 0 atom stereocenters. The first-order valence-electron chi connectivity index (χ1n) is 8.18. The van der Waals surface area contributed by atoms with Crippen LogP contribution in [0.5, 0.6) is 11.5 Å². The summed E-state index contributed by atoms with van der Waals surface area (Å²) < 4.78 is 10.4. The van der Waals surface area contributed by atoms with Gasteiger partial charge in [0.05, 0.1) is 25.5 Å². The highest BCUT2D eigenvalue weighted by Gasteiger charge is 2.12. The normalized spacial score (nSPS) is 10.1. The van der Waals surface area contributed by atoms with E-state index in [0.717, 1.165) is 5.56 Å². The van der Waals surface area contributed by atoms with Crippen molar-refractivity contribution >= 4 is 17.5 Å². The van der Waals surface area contributed by atoms with Gasteiger partial charge in [-0.15, -0.1) is 0 Å². The lowest BCUT2D eigenvalue weighted by Gasteiger charge is -2.11. The summed E-state index contributed by atoms with van der Waals surface area (Å²) in [5, 5.41) is 5.86. The number of carbonyl (C=O) groups is 1. The van der Waals surface area contributed by atoms with Crippen molar-refractivity contribution in [3.8, 4) is 11.5 Å². The van der Waals surface area contributed by atoms with Gasteiger partial charge in [-0.3, -0.25) is 9.78 Å². The number of pyridine rings is 1. The topological polar surface area (TPSA) is 98.3 Å². The number of hydrogen-bond acceptors (Lipinski definition) is 7. The Morgan fingerprint density at radius 2 is 1.89 bits per heavy atom. The maximum atomic E-state index is 12.4. The smallest absolute Gasteiger partial charge is 0.258 e. The van der Waals surface area contributed by atoms with Crippen LogP contribution in [0.1, 0.15) is 15.9 Å². The first kappa shape index (κ1) is 18.1. The second-order valence-electron chi connectivity index (χ2n) is 5.53. The molecule has 0 bridgehead atoms. The highest BCUT2D eigenvalue weighted by Crippen LogP contribution is 2.29. The van der Waals surface area contributed by atoms with Crippen LogP contribution in [-0.4, -0.2) is 35.1 Å². The van der Waals surface area contributed by atoms with Gasteiger partial charge in [0.25, 0.3) is 5.91 Å². The standard InChI is InChI=1S/C19H19N5O3/c1-26-15-5-6-16(17(8-15)27-2)24-18(25)14-11-22-19(23-12-14)21-10-13-4-3-7-20-9-13/h3-9,11-12H,10H2,1-2H3,(H,24,25)(H,21,22,23). The highest BCUT2D eigenvalue weighted by molar-refractivity contribution is 6.04. The molecule has 0 aliphatic rings. The Labute approximate surface area is 156 Å². The van der Waals surface area contributed by atoms with Gasteiger partial charge in [-0.25, -0.2) is 9.97 Å². The lowest BCUT2D eigenvalue weighted by atomic mass is 10.2. The summed E-state index contributed by atoms with van der Waals surface area (Å²) in [5.74, 6) is 1.23.